The Hall–Kier alpha value is -1.75. The van der Waals surface area contributed by atoms with E-state index >= 15 is 0 Å². The summed E-state index contributed by atoms with van der Waals surface area (Å²) in [6.45, 7) is 3.19. The van der Waals surface area contributed by atoms with Crippen molar-refractivity contribution in [1.82, 2.24) is 0 Å². The molecule has 0 heterocycles. The zero-order valence-corrected chi connectivity index (χ0v) is 16.0. The number of nitrogens with one attached hydrogen (secondary N) is 2. The van der Waals surface area contributed by atoms with Crippen LogP contribution in [-0.4, -0.2) is 11.8 Å². The highest BCUT2D eigenvalue weighted by Gasteiger charge is 2.17. The number of anilines is 2. The van der Waals surface area contributed by atoms with E-state index in [0.29, 0.717) is 32.9 Å². The minimum absolute atomic E-state index is 0.208. The SMILES string of the molecule is CC(=O)Nc1ccc(Cl)cc1NC(=O)C(C)Cc1ccc(Cl)cc1Cl. The molecule has 25 heavy (non-hydrogen) atoms. The average Bonchev–Trinajstić information content (AvgIpc) is 2.52. The van der Waals surface area contributed by atoms with Gasteiger partial charge in [-0.2, -0.15) is 0 Å². The van der Waals surface area contributed by atoms with E-state index in [4.69, 9.17) is 34.8 Å². The summed E-state index contributed by atoms with van der Waals surface area (Å²) in [4.78, 5) is 23.8. The van der Waals surface area contributed by atoms with Gasteiger partial charge in [0.2, 0.25) is 11.8 Å². The summed E-state index contributed by atoms with van der Waals surface area (Å²) in [5, 5.41) is 6.99. The number of benzene rings is 2. The van der Waals surface area contributed by atoms with E-state index in [1.807, 2.05) is 0 Å². The van der Waals surface area contributed by atoms with Crippen molar-refractivity contribution >= 4 is 58.0 Å². The van der Waals surface area contributed by atoms with Crippen LogP contribution >= 0.6 is 34.8 Å². The van der Waals surface area contributed by atoms with Crippen molar-refractivity contribution in [2.75, 3.05) is 10.6 Å². The van der Waals surface area contributed by atoms with Gasteiger partial charge in [0.15, 0.2) is 0 Å². The molecule has 0 bridgehead atoms. The summed E-state index contributed by atoms with van der Waals surface area (Å²) in [6, 6.07) is 10.1. The molecule has 0 aliphatic rings. The minimum Gasteiger partial charge on any atom is -0.325 e. The third-order valence-corrected chi connectivity index (χ3v) is 4.36. The van der Waals surface area contributed by atoms with Crippen LogP contribution in [0.15, 0.2) is 36.4 Å². The predicted molar refractivity (Wildman–Crippen MR) is 104 cm³/mol. The summed E-state index contributed by atoms with van der Waals surface area (Å²) in [5.74, 6) is -0.790. The van der Waals surface area contributed by atoms with Gasteiger partial charge in [0.25, 0.3) is 0 Å². The van der Waals surface area contributed by atoms with E-state index in [9.17, 15) is 9.59 Å². The van der Waals surface area contributed by atoms with Gasteiger partial charge in [-0.15, -0.1) is 0 Å². The number of hydrogen-bond donors (Lipinski definition) is 2. The molecule has 2 N–H and O–H groups in total. The number of amides is 2. The lowest BCUT2D eigenvalue weighted by Crippen LogP contribution is -2.23. The van der Waals surface area contributed by atoms with Gasteiger partial charge < -0.3 is 10.6 Å². The predicted octanol–water partition coefficient (Wildman–Crippen LogP) is 5.42. The molecule has 0 fully saturated rings. The summed E-state index contributed by atoms with van der Waals surface area (Å²) >= 11 is 18.0. The molecule has 2 amide bonds. The van der Waals surface area contributed by atoms with Gasteiger partial charge in [-0.1, -0.05) is 47.8 Å². The van der Waals surface area contributed by atoms with E-state index in [1.165, 1.54) is 6.92 Å². The second kappa shape index (κ2) is 8.56. The Labute approximate surface area is 161 Å². The van der Waals surface area contributed by atoms with Crippen molar-refractivity contribution < 1.29 is 9.59 Å². The Balaban J connectivity index is 2.13. The van der Waals surface area contributed by atoms with Crippen LogP contribution in [0.5, 0.6) is 0 Å². The number of carbonyl (C=O) groups excluding carboxylic acids is 2. The number of halogens is 3. The first-order chi connectivity index (χ1) is 11.8. The van der Waals surface area contributed by atoms with Crippen molar-refractivity contribution in [3.05, 3.63) is 57.0 Å². The van der Waals surface area contributed by atoms with Gasteiger partial charge in [-0.3, -0.25) is 9.59 Å². The maximum atomic E-state index is 12.5. The highest BCUT2D eigenvalue weighted by molar-refractivity contribution is 6.35. The smallest absolute Gasteiger partial charge is 0.227 e. The molecule has 0 saturated heterocycles. The number of rotatable bonds is 5. The molecule has 1 atom stereocenters. The van der Waals surface area contributed by atoms with Gasteiger partial charge in [-0.05, 0) is 42.3 Å². The van der Waals surface area contributed by atoms with Crippen LogP contribution in [-0.2, 0) is 16.0 Å². The fourth-order valence-electron chi connectivity index (χ4n) is 2.28. The first-order valence-electron chi connectivity index (χ1n) is 7.58. The number of carbonyl (C=O) groups is 2. The van der Waals surface area contributed by atoms with Crippen LogP contribution in [0.4, 0.5) is 11.4 Å². The summed E-state index contributed by atoms with van der Waals surface area (Å²) in [7, 11) is 0. The zero-order chi connectivity index (χ0) is 18.6. The van der Waals surface area contributed by atoms with E-state index in [-0.39, 0.29) is 17.7 Å². The maximum absolute atomic E-state index is 12.5. The molecule has 0 aliphatic carbocycles. The third-order valence-electron chi connectivity index (χ3n) is 3.54. The molecular formula is C18H17Cl3N2O2. The quantitative estimate of drug-likeness (QED) is 0.705. The molecule has 2 aromatic rings. The minimum atomic E-state index is -0.345. The van der Waals surface area contributed by atoms with Crippen molar-refractivity contribution in [3.8, 4) is 0 Å². The van der Waals surface area contributed by atoms with Crippen LogP contribution in [0.3, 0.4) is 0 Å². The normalized spacial score (nSPS) is 11.7. The van der Waals surface area contributed by atoms with E-state index in [2.05, 4.69) is 10.6 Å². The molecule has 2 aromatic carbocycles. The molecule has 0 saturated carbocycles. The van der Waals surface area contributed by atoms with E-state index in [1.54, 1.807) is 43.3 Å². The van der Waals surface area contributed by atoms with Crippen LogP contribution in [0.1, 0.15) is 19.4 Å². The largest absolute Gasteiger partial charge is 0.325 e. The van der Waals surface area contributed by atoms with Crippen LogP contribution < -0.4 is 10.6 Å². The van der Waals surface area contributed by atoms with Crippen molar-refractivity contribution in [1.29, 1.82) is 0 Å². The Bertz CT molecular complexity index is 809. The van der Waals surface area contributed by atoms with Crippen LogP contribution in [0.2, 0.25) is 15.1 Å². The number of hydrogen-bond acceptors (Lipinski definition) is 2. The van der Waals surface area contributed by atoms with Crippen LogP contribution in [0, 0.1) is 5.92 Å². The Morgan fingerprint density at radius 3 is 2.24 bits per heavy atom. The topological polar surface area (TPSA) is 58.2 Å². The van der Waals surface area contributed by atoms with Gasteiger partial charge in [0.1, 0.15) is 0 Å². The van der Waals surface area contributed by atoms with E-state index in [0.717, 1.165) is 5.56 Å². The molecule has 7 heteroatoms. The molecule has 132 valence electrons. The van der Waals surface area contributed by atoms with Gasteiger partial charge in [0.05, 0.1) is 11.4 Å². The van der Waals surface area contributed by atoms with Crippen molar-refractivity contribution in [2.45, 2.75) is 20.3 Å². The Morgan fingerprint density at radius 2 is 1.60 bits per heavy atom. The lowest BCUT2D eigenvalue weighted by molar-refractivity contribution is -0.119. The Kier molecular flexibility index (Phi) is 6.71. The van der Waals surface area contributed by atoms with Gasteiger partial charge >= 0.3 is 0 Å². The molecule has 0 aliphatic heterocycles. The first kappa shape index (κ1) is 19.6. The van der Waals surface area contributed by atoms with Crippen LogP contribution in [0.25, 0.3) is 0 Å². The summed E-state index contributed by atoms with van der Waals surface area (Å²) in [5.41, 5.74) is 1.77. The maximum Gasteiger partial charge on any atom is 0.227 e. The molecule has 4 nitrogen and oxygen atoms in total. The van der Waals surface area contributed by atoms with E-state index < -0.39 is 0 Å². The second-order valence-electron chi connectivity index (χ2n) is 5.70. The average molecular weight is 400 g/mol. The highest BCUT2D eigenvalue weighted by Crippen LogP contribution is 2.28. The molecule has 1 unspecified atom stereocenters. The standard InChI is InChI=1S/C18H17Cl3N2O2/c1-10(7-12-3-4-13(19)8-15(12)21)18(25)23-17-9-14(20)5-6-16(17)22-11(2)24/h3-6,8-10H,7H2,1-2H3,(H,22,24)(H,23,25). The molecule has 0 aromatic heterocycles. The lowest BCUT2D eigenvalue weighted by atomic mass is 10.00. The first-order valence-corrected chi connectivity index (χ1v) is 8.71. The van der Waals surface area contributed by atoms with Crippen molar-refractivity contribution in [2.24, 2.45) is 5.92 Å². The summed E-state index contributed by atoms with van der Waals surface area (Å²) in [6.07, 6.45) is 0.456. The fourth-order valence-corrected chi connectivity index (χ4v) is 2.94. The monoisotopic (exact) mass is 398 g/mol. The Morgan fingerprint density at radius 1 is 0.960 bits per heavy atom. The molecule has 0 radical (unpaired) electrons. The van der Waals surface area contributed by atoms with Crippen molar-refractivity contribution in [3.63, 3.8) is 0 Å². The third kappa shape index (κ3) is 5.63. The second-order valence-corrected chi connectivity index (χ2v) is 6.98. The van der Waals surface area contributed by atoms with Gasteiger partial charge in [-0.25, -0.2) is 0 Å². The molecular weight excluding hydrogens is 383 g/mol. The lowest BCUT2D eigenvalue weighted by Gasteiger charge is -2.16. The molecule has 0 spiro atoms. The summed E-state index contributed by atoms with van der Waals surface area (Å²) < 4.78 is 0. The van der Waals surface area contributed by atoms with Gasteiger partial charge in [0, 0.05) is 27.9 Å². The molecule has 2 rings (SSSR count). The highest BCUT2D eigenvalue weighted by atomic mass is 35.5. The zero-order valence-electron chi connectivity index (χ0n) is 13.7. The fraction of sp³-hybridized carbons (Fsp3) is 0.222.